The van der Waals surface area contributed by atoms with Crippen molar-refractivity contribution in [2.24, 2.45) is 27.4 Å². The molecule has 0 aliphatic carbocycles. The second-order valence-corrected chi connectivity index (χ2v) is 16.5. The van der Waals surface area contributed by atoms with Crippen molar-refractivity contribution in [1.29, 1.82) is 0 Å². The molecular formula is C25H32I2N6O. The number of likely N-dealkylation sites (tertiary alicyclic amines) is 1. The number of carbonyl (C=O) groups excluding carboxylic acids is 1. The summed E-state index contributed by atoms with van der Waals surface area (Å²) < 4.78 is 8.94. The number of nitrogens with one attached hydrogen (secondary N) is 1. The van der Waals surface area contributed by atoms with Crippen LogP contribution in [0.1, 0.15) is 30.9 Å². The summed E-state index contributed by atoms with van der Waals surface area (Å²) >= 11 is -1.05. The van der Waals surface area contributed by atoms with Crippen molar-refractivity contribution in [2.45, 2.75) is 26.3 Å². The van der Waals surface area contributed by atoms with Gasteiger partial charge in [0.15, 0.2) is 5.96 Å². The summed E-state index contributed by atoms with van der Waals surface area (Å²) in [5.74, 6) is 0.472. The van der Waals surface area contributed by atoms with E-state index in [-0.39, 0.29) is 26.7 Å². The molecule has 0 radical (unpaired) electrons. The van der Waals surface area contributed by atoms with Gasteiger partial charge in [0.25, 0.3) is 0 Å². The van der Waals surface area contributed by atoms with Crippen LogP contribution in [0.3, 0.4) is 0 Å². The molecule has 7 nitrogen and oxygen atoms in total. The van der Waals surface area contributed by atoms with Crippen LogP contribution in [-0.2, 0) is 6.54 Å². The molecule has 0 atom stereocenters. The zero-order valence-corrected chi connectivity index (χ0v) is 23.7. The van der Waals surface area contributed by atoms with Crippen LogP contribution in [-0.4, -0.2) is 48.8 Å². The van der Waals surface area contributed by atoms with E-state index >= 15 is 0 Å². The minimum absolute atomic E-state index is 0.246. The van der Waals surface area contributed by atoms with E-state index in [1.165, 1.54) is 25.5 Å². The number of amides is 2. The number of nitrogens with two attached hydrogens (primary N) is 2. The number of hydrogen-bond donors (Lipinski definition) is 3. The van der Waals surface area contributed by atoms with E-state index in [2.05, 4.69) is 54.6 Å². The monoisotopic (exact) mass is 686 g/mol. The molecular weight excluding hydrogens is 654 g/mol. The van der Waals surface area contributed by atoms with Crippen molar-refractivity contribution in [3.8, 4) is 0 Å². The molecule has 1 aromatic rings. The topological polar surface area (TPSA) is 109 Å². The van der Waals surface area contributed by atoms with E-state index in [0.717, 1.165) is 35.7 Å². The Kier molecular flexibility index (Phi) is 9.06. The summed E-state index contributed by atoms with van der Waals surface area (Å²) in [4.78, 5) is 22.5. The van der Waals surface area contributed by atoms with Gasteiger partial charge in [-0.1, -0.05) is 18.2 Å². The van der Waals surface area contributed by atoms with Crippen LogP contribution in [0.25, 0.3) is 5.57 Å². The number of aliphatic imine (C=N–C) groups is 2. The van der Waals surface area contributed by atoms with Crippen LogP contribution < -0.4 is 16.8 Å². The molecule has 2 amide bonds. The van der Waals surface area contributed by atoms with E-state index in [0.29, 0.717) is 6.54 Å². The molecule has 0 unspecified atom stereocenters. The molecule has 182 valence electrons. The molecule has 3 aliphatic heterocycles. The summed E-state index contributed by atoms with van der Waals surface area (Å²) in [5, 5.41) is 2.69. The molecule has 4 rings (SSSR count). The Labute approximate surface area is 218 Å². The molecule has 0 aromatic heterocycles. The van der Waals surface area contributed by atoms with Gasteiger partial charge < -0.3 is 16.8 Å². The van der Waals surface area contributed by atoms with Crippen LogP contribution in [0.5, 0.6) is 0 Å². The zero-order valence-electron chi connectivity index (χ0n) is 19.4. The average Bonchev–Trinajstić information content (AvgIpc) is 2.87. The van der Waals surface area contributed by atoms with Gasteiger partial charge in [-0.25, -0.2) is 4.79 Å². The predicted octanol–water partition coefficient (Wildman–Crippen LogP) is 4.35. The summed E-state index contributed by atoms with van der Waals surface area (Å²) in [6.45, 7) is 4.91. The Morgan fingerprint density at radius 3 is 2.79 bits per heavy atom. The van der Waals surface area contributed by atoms with Gasteiger partial charge in [0.1, 0.15) is 0 Å². The van der Waals surface area contributed by atoms with Gasteiger partial charge in [0.05, 0.1) is 0 Å². The minimum atomic E-state index is -0.780. The molecule has 34 heavy (non-hydrogen) atoms. The molecule has 9 heteroatoms. The molecule has 3 heterocycles. The van der Waals surface area contributed by atoms with Crippen molar-refractivity contribution >= 4 is 68.1 Å². The molecule has 0 saturated carbocycles. The fourth-order valence-electron chi connectivity index (χ4n) is 4.14. The van der Waals surface area contributed by atoms with Gasteiger partial charge in [0.2, 0.25) is 0 Å². The van der Waals surface area contributed by atoms with Crippen LogP contribution in [0.4, 0.5) is 4.79 Å². The van der Waals surface area contributed by atoms with Crippen LogP contribution in [0.2, 0.25) is 0 Å². The number of benzene rings is 1. The average molecular weight is 686 g/mol. The third-order valence-electron chi connectivity index (χ3n) is 6.03. The first kappa shape index (κ1) is 25.2. The second-order valence-electron chi connectivity index (χ2n) is 8.27. The number of alkyl halides is 2. The molecule has 5 N–H and O–H groups in total. The molecule has 1 aromatic carbocycles. The van der Waals surface area contributed by atoms with E-state index in [1.807, 2.05) is 18.3 Å². The van der Waals surface area contributed by atoms with Gasteiger partial charge in [-0.05, 0) is 11.6 Å². The van der Waals surface area contributed by atoms with Crippen molar-refractivity contribution < 1.29 is 4.79 Å². The maximum atomic E-state index is 11.6. The number of guanidine groups is 1. The number of piperidine rings is 1. The molecule has 0 bridgehead atoms. The normalized spacial score (nSPS) is 20.0. The summed E-state index contributed by atoms with van der Waals surface area (Å²) in [6.07, 6.45) is 9.44. The Hall–Kier alpha value is -1.86. The quantitative estimate of drug-likeness (QED) is 0.179. The van der Waals surface area contributed by atoms with Gasteiger partial charge in [0, 0.05) is 6.54 Å². The summed E-state index contributed by atoms with van der Waals surface area (Å²) in [5.41, 5.74) is 15.3. The van der Waals surface area contributed by atoms with Crippen LogP contribution in [0, 0.1) is 5.92 Å². The van der Waals surface area contributed by atoms with Crippen molar-refractivity contribution in [3.05, 3.63) is 61.3 Å². The number of urea groups is 1. The van der Waals surface area contributed by atoms with E-state index in [4.69, 9.17) is 16.5 Å². The number of nitrogens with zero attached hydrogens (tertiary/aromatic N) is 3. The van der Waals surface area contributed by atoms with Gasteiger partial charge in [-0.3, -0.25) is 0 Å². The first-order valence-electron chi connectivity index (χ1n) is 11.5. The fraction of sp³-hybridized carbons (Fsp3) is 0.360. The standard InChI is InChI=1S/C25H32I2N6O/c1-2-27-10-6-19(7-11-27)20-8-12-33(13-9-20)23-26-15-22(17-30-23)21-5-3-4-18(14-21)16-31-25(34)32-24(28)29/h3-7,10,14-15,17,20H,2,8-9,11-13,16H2,1H3,(H5,28,29,31,32,34). The van der Waals surface area contributed by atoms with E-state index in [1.54, 1.807) is 5.57 Å². The van der Waals surface area contributed by atoms with Gasteiger partial charge in [-0.2, -0.15) is 4.99 Å². The van der Waals surface area contributed by atoms with Crippen molar-refractivity contribution in [2.75, 3.05) is 21.9 Å². The number of hydrogen-bond acceptors (Lipinski definition) is 3. The van der Waals surface area contributed by atoms with Gasteiger partial charge >= 0.3 is 151 Å². The Morgan fingerprint density at radius 1 is 1.32 bits per heavy atom. The first-order chi connectivity index (χ1) is 16.5. The predicted molar refractivity (Wildman–Crippen MR) is 161 cm³/mol. The molecule has 0 spiro atoms. The van der Waals surface area contributed by atoms with Crippen LogP contribution in [0.15, 0.2) is 60.1 Å². The number of halogens is 2. The number of carbonyl (C=O) groups is 1. The van der Waals surface area contributed by atoms with E-state index in [9.17, 15) is 4.79 Å². The SMILES string of the molecule is CCI1C=CC(C2CCN(C3=IC=C(c4cccc(CNC(=O)N=C(N)N)c4)C=N3)CC2)=CC1. The first-order valence-corrected chi connectivity index (χ1v) is 18.1. The van der Waals surface area contributed by atoms with Gasteiger partial charge in [-0.15, -0.1) is 0 Å². The fourth-order valence-corrected chi connectivity index (χ4v) is 9.87. The van der Waals surface area contributed by atoms with Crippen LogP contribution >= 0.6 is 40.6 Å². The third kappa shape index (κ3) is 6.85. The van der Waals surface area contributed by atoms with Crippen molar-refractivity contribution in [1.82, 2.24) is 10.2 Å². The maximum absolute atomic E-state index is 11.6. The molecule has 3 aliphatic rings. The molecule has 1 fully saturated rings. The Morgan fingerprint density at radius 2 is 2.15 bits per heavy atom. The third-order valence-corrected chi connectivity index (χ3v) is 13.4. The Balaban J connectivity index is 1.33. The number of rotatable bonds is 6. The molecule has 1 saturated heterocycles. The summed E-state index contributed by atoms with van der Waals surface area (Å²) in [7, 11) is 0. The summed E-state index contributed by atoms with van der Waals surface area (Å²) in [6, 6.07) is 7.58. The number of allylic oxidation sites excluding steroid dienone is 4. The zero-order chi connectivity index (χ0) is 23.9. The van der Waals surface area contributed by atoms with E-state index < -0.39 is 25.9 Å². The second kappa shape index (κ2) is 12.2. The van der Waals surface area contributed by atoms with Crippen molar-refractivity contribution in [3.63, 3.8) is 0 Å². The Bertz CT molecular complexity index is 1090.